The molecule has 4 rings (SSSR count). The van der Waals surface area contributed by atoms with E-state index in [0.717, 1.165) is 11.8 Å². The lowest BCUT2D eigenvalue weighted by molar-refractivity contribution is -0.384. The molecule has 2 aromatic heterocycles. The van der Waals surface area contributed by atoms with Crippen molar-refractivity contribution in [3.63, 3.8) is 0 Å². The predicted molar refractivity (Wildman–Crippen MR) is 119 cm³/mol. The lowest BCUT2D eigenvalue weighted by Gasteiger charge is -2.08. The summed E-state index contributed by atoms with van der Waals surface area (Å²) in [7, 11) is 0. The van der Waals surface area contributed by atoms with Crippen molar-refractivity contribution in [2.24, 2.45) is 0 Å². The topological polar surface area (TPSA) is 121 Å². The Morgan fingerprint density at radius 1 is 1.12 bits per heavy atom. The molecule has 0 fully saturated rings. The van der Waals surface area contributed by atoms with E-state index >= 15 is 0 Å². The molecule has 11 heteroatoms. The maximum atomic E-state index is 13.2. The number of Topliss-reactive ketones (excluding diaryl/α,β-unsaturated/α-hetero) is 1. The van der Waals surface area contributed by atoms with Crippen LogP contribution >= 0.6 is 11.8 Å². The molecule has 0 saturated heterocycles. The summed E-state index contributed by atoms with van der Waals surface area (Å²) >= 11 is 1.03. The Kier molecular flexibility index (Phi) is 6.31. The van der Waals surface area contributed by atoms with E-state index in [1.54, 1.807) is 0 Å². The molecule has 0 aliphatic carbocycles. The van der Waals surface area contributed by atoms with Crippen molar-refractivity contribution in [3.05, 3.63) is 105 Å². The lowest BCUT2D eigenvalue weighted by Crippen LogP contribution is -2.13. The van der Waals surface area contributed by atoms with Gasteiger partial charge in [-0.3, -0.25) is 19.7 Å². The average molecular weight is 463 g/mol. The maximum absolute atomic E-state index is 13.2. The fourth-order valence-corrected chi connectivity index (χ4v) is 3.60. The fourth-order valence-electron chi connectivity index (χ4n) is 2.87. The van der Waals surface area contributed by atoms with E-state index in [4.69, 9.17) is 0 Å². The Balaban J connectivity index is 1.55. The van der Waals surface area contributed by atoms with Gasteiger partial charge in [-0.15, -0.1) is 0 Å². The van der Waals surface area contributed by atoms with Gasteiger partial charge in [0.25, 0.3) is 5.69 Å². The van der Waals surface area contributed by atoms with Gasteiger partial charge in [0.1, 0.15) is 5.82 Å². The van der Waals surface area contributed by atoms with Crippen LogP contribution in [0.25, 0.3) is 17.1 Å². The van der Waals surface area contributed by atoms with Crippen LogP contribution < -0.4 is 5.43 Å². The summed E-state index contributed by atoms with van der Waals surface area (Å²) < 4.78 is 14.6. The van der Waals surface area contributed by atoms with Gasteiger partial charge >= 0.3 is 0 Å². The second kappa shape index (κ2) is 9.49. The minimum absolute atomic E-state index is 0.0490. The van der Waals surface area contributed by atoms with E-state index in [2.05, 4.69) is 15.1 Å². The van der Waals surface area contributed by atoms with Crippen LogP contribution in [0.15, 0.2) is 83.0 Å². The van der Waals surface area contributed by atoms with Crippen LogP contribution in [0, 0.1) is 15.9 Å². The van der Waals surface area contributed by atoms with E-state index < -0.39 is 10.7 Å². The first-order valence-electron chi connectivity index (χ1n) is 9.50. The van der Waals surface area contributed by atoms with Crippen LogP contribution in [0.5, 0.6) is 0 Å². The van der Waals surface area contributed by atoms with Crippen molar-refractivity contribution >= 4 is 23.2 Å². The minimum Gasteiger partial charge on any atom is -0.293 e. The number of aromatic nitrogens is 4. The lowest BCUT2D eigenvalue weighted by atomic mass is 10.1. The highest BCUT2D eigenvalue weighted by Gasteiger charge is 2.14. The fraction of sp³-hybridized carbons (Fsp3) is 0.0455. The summed E-state index contributed by atoms with van der Waals surface area (Å²) in [6.45, 7) is 0. The number of hydrogen-bond donors (Lipinski definition) is 0. The van der Waals surface area contributed by atoms with Crippen LogP contribution in [0.1, 0.15) is 10.4 Å². The van der Waals surface area contributed by atoms with Crippen molar-refractivity contribution in [1.82, 2.24) is 19.7 Å². The molecule has 0 radical (unpaired) electrons. The van der Waals surface area contributed by atoms with Crippen molar-refractivity contribution < 1.29 is 14.1 Å². The average Bonchev–Trinajstić information content (AvgIpc) is 2.83. The highest BCUT2D eigenvalue weighted by molar-refractivity contribution is 7.99. The number of nitrogens with zero attached hydrogens (tertiary/aromatic N) is 5. The number of carbonyl (C=O) groups excluding carboxylic acids is 1. The molecule has 0 spiro atoms. The number of thioether (sulfide) groups is 1. The van der Waals surface area contributed by atoms with Crippen LogP contribution in [-0.4, -0.2) is 36.2 Å². The Bertz CT molecular complexity index is 1410. The molecule has 0 aliphatic heterocycles. The van der Waals surface area contributed by atoms with Gasteiger partial charge in [0.15, 0.2) is 16.6 Å². The largest absolute Gasteiger partial charge is 0.293 e. The molecule has 33 heavy (non-hydrogen) atoms. The first-order chi connectivity index (χ1) is 15.9. The third-order valence-electron chi connectivity index (χ3n) is 4.49. The number of carbonyl (C=O) groups is 1. The first kappa shape index (κ1) is 22.0. The van der Waals surface area contributed by atoms with E-state index in [9.17, 15) is 24.1 Å². The zero-order chi connectivity index (χ0) is 23.4. The maximum Gasteiger partial charge on any atom is 0.270 e. The van der Waals surface area contributed by atoms with E-state index in [1.807, 2.05) is 0 Å². The van der Waals surface area contributed by atoms with E-state index in [1.165, 1.54) is 77.7 Å². The van der Waals surface area contributed by atoms with Crippen molar-refractivity contribution in [2.45, 2.75) is 5.16 Å². The number of benzene rings is 2. The standard InChI is InChI=1S/C22H14FN5O4S/c23-15-4-6-16(7-5-15)27-11-9-19(29)21(26-27)18-8-10-24-22(25-18)33-13-20(30)14-2-1-3-17(12-14)28(31)32/h1-12H,13H2. The zero-order valence-electron chi connectivity index (χ0n) is 16.8. The van der Waals surface area contributed by atoms with Crippen LogP contribution in [0.4, 0.5) is 10.1 Å². The van der Waals surface area contributed by atoms with E-state index in [0.29, 0.717) is 5.69 Å². The molecule has 2 aromatic carbocycles. The number of ketones is 1. The number of non-ortho nitro benzene ring substituents is 1. The smallest absolute Gasteiger partial charge is 0.270 e. The number of rotatable bonds is 7. The van der Waals surface area contributed by atoms with Gasteiger partial charge in [-0.25, -0.2) is 19.0 Å². The van der Waals surface area contributed by atoms with Crippen LogP contribution in [0.2, 0.25) is 0 Å². The van der Waals surface area contributed by atoms with Crippen molar-refractivity contribution in [1.29, 1.82) is 0 Å². The van der Waals surface area contributed by atoms with Gasteiger partial charge < -0.3 is 0 Å². The summed E-state index contributed by atoms with van der Waals surface area (Å²) in [6, 6.07) is 13.9. The number of halogens is 1. The van der Waals surface area contributed by atoms with Gasteiger partial charge in [0, 0.05) is 36.2 Å². The molecule has 9 nitrogen and oxygen atoms in total. The number of nitro groups is 1. The number of hydrogen-bond acceptors (Lipinski definition) is 8. The second-order valence-corrected chi connectivity index (χ2v) is 7.64. The minimum atomic E-state index is -0.567. The van der Waals surface area contributed by atoms with Gasteiger partial charge in [0.05, 0.1) is 22.1 Å². The predicted octanol–water partition coefficient (Wildman–Crippen LogP) is 3.71. The summed E-state index contributed by atoms with van der Waals surface area (Å²) in [4.78, 5) is 43.6. The van der Waals surface area contributed by atoms with Crippen LogP contribution in [-0.2, 0) is 0 Å². The Labute approximate surface area is 190 Å². The van der Waals surface area contributed by atoms with Gasteiger partial charge in [-0.2, -0.15) is 5.10 Å². The molecule has 164 valence electrons. The van der Waals surface area contributed by atoms with Gasteiger partial charge in [-0.05, 0) is 30.3 Å². The molecule has 0 unspecified atom stereocenters. The summed E-state index contributed by atoms with van der Waals surface area (Å²) in [5.74, 6) is -0.765. The Morgan fingerprint density at radius 3 is 2.67 bits per heavy atom. The zero-order valence-corrected chi connectivity index (χ0v) is 17.6. The SMILES string of the molecule is O=C(CSc1nccc(-c2nn(-c3ccc(F)cc3)ccc2=O)n1)c1cccc([N+](=O)[O-])c1. The molecule has 0 atom stereocenters. The van der Waals surface area contributed by atoms with Gasteiger partial charge in [0.2, 0.25) is 5.43 Å². The quantitative estimate of drug-likeness (QED) is 0.134. The normalized spacial score (nSPS) is 10.7. The Hall–Kier alpha value is -4.25. The molecule has 4 aromatic rings. The summed E-state index contributed by atoms with van der Waals surface area (Å²) in [6.07, 6.45) is 2.91. The third-order valence-corrected chi connectivity index (χ3v) is 5.35. The highest BCUT2D eigenvalue weighted by atomic mass is 32.2. The van der Waals surface area contributed by atoms with Crippen molar-refractivity contribution in [3.8, 4) is 17.1 Å². The monoisotopic (exact) mass is 463 g/mol. The molecule has 2 heterocycles. The molecule has 0 amide bonds. The Morgan fingerprint density at radius 2 is 1.91 bits per heavy atom. The summed E-state index contributed by atoms with van der Waals surface area (Å²) in [5, 5.41) is 15.4. The molecule has 0 saturated carbocycles. The third kappa shape index (κ3) is 5.15. The van der Waals surface area contributed by atoms with E-state index in [-0.39, 0.29) is 44.8 Å². The first-order valence-corrected chi connectivity index (χ1v) is 10.5. The van der Waals surface area contributed by atoms with Crippen molar-refractivity contribution in [2.75, 3.05) is 5.75 Å². The molecular formula is C22H14FN5O4S. The van der Waals surface area contributed by atoms with Gasteiger partial charge in [-0.1, -0.05) is 23.9 Å². The molecule has 0 aliphatic rings. The second-order valence-electron chi connectivity index (χ2n) is 6.69. The molecule has 0 bridgehead atoms. The molecular weight excluding hydrogens is 449 g/mol. The van der Waals surface area contributed by atoms with Crippen LogP contribution in [0.3, 0.4) is 0 Å². The highest BCUT2D eigenvalue weighted by Crippen LogP contribution is 2.20. The summed E-state index contributed by atoms with van der Waals surface area (Å²) in [5.41, 5.74) is 0.559. The molecule has 0 N–H and O–H groups in total. The number of nitro benzene ring substituents is 1.